The summed E-state index contributed by atoms with van der Waals surface area (Å²) in [6.45, 7) is 9.00. The Morgan fingerprint density at radius 2 is 2.00 bits per heavy atom. The second kappa shape index (κ2) is 9.83. The number of hydrogen-bond donors (Lipinski definition) is 0. The third kappa shape index (κ3) is 5.15. The molecule has 1 aromatic heterocycles. The second-order valence-corrected chi connectivity index (χ2v) is 7.15. The highest BCUT2D eigenvalue weighted by atomic mass is 16.5. The second-order valence-electron chi connectivity index (χ2n) is 7.15. The van der Waals surface area contributed by atoms with Gasteiger partial charge >= 0.3 is 0 Å². The van der Waals surface area contributed by atoms with Crippen molar-refractivity contribution in [2.75, 3.05) is 26.3 Å². The van der Waals surface area contributed by atoms with Crippen molar-refractivity contribution in [2.24, 2.45) is 0 Å². The largest absolute Gasteiger partial charge is 0.379 e. The Morgan fingerprint density at radius 1 is 1.15 bits per heavy atom. The SMILES string of the molecule is CCCCCC(CC)c1nc(-c2cccc(CN3CCOCC3)c2)no1. The molecule has 2 aromatic rings. The first-order chi connectivity index (χ1) is 12.8. The van der Waals surface area contributed by atoms with Crippen LogP contribution in [0.15, 0.2) is 28.8 Å². The van der Waals surface area contributed by atoms with Gasteiger partial charge in [0.15, 0.2) is 0 Å². The van der Waals surface area contributed by atoms with Gasteiger partial charge in [0, 0.05) is 31.1 Å². The van der Waals surface area contributed by atoms with Crippen LogP contribution in [0.5, 0.6) is 0 Å². The summed E-state index contributed by atoms with van der Waals surface area (Å²) >= 11 is 0. The minimum Gasteiger partial charge on any atom is -0.379 e. The van der Waals surface area contributed by atoms with E-state index in [1.165, 1.54) is 24.8 Å². The van der Waals surface area contributed by atoms with Gasteiger partial charge in [0.25, 0.3) is 0 Å². The van der Waals surface area contributed by atoms with E-state index < -0.39 is 0 Å². The topological polar surface area (TPSA) is 51.4 Å². The Morgan fingerprint density at radius 3 is 2.77 bits per heavy atom. The highest BCUT2D eigenvalue weighted by Gasteiger charge is 2.18. The van der Waals surface area contributed by atoms with Gasteiger partial charge in [0.05, 0.1) is 13.2 Å². The summed E-state index contributed by atoms with van der Waals surface area (Å²) < 4.78 is 11.0. The molecule has 0 amide bonds. The van der Waals surface area contributed by atoms with Gasteiger partial charge in [-0.15, -0.1) is 0 Å². The molecule has 0 radical (unpaired) electrons. The molecular weight excluding hydrogens is 326 g/mol. The number of morpholine rings is 1. The summed E-state index contributed by atoms with van der Waals surface area (Å²) in [4.78, 5) is 7.13. The van der Waals surface area contributed by atoms with E-state index in [0.29, 0.717) is 11.7 Å². The zero-order chi connectivity index (χ0) is 18.2. The maximum absolute atomic E-state index is 5.60. The Balaban J connectivity index is 1.67. The average Bonchev–Trinajstić information content (AvgIpc) is 3.16. The summed E-state index contributed by atoms with van der Waals surface area (Å²) in [7, 11) is 0. The number of nitrogens with zero attached hydrogens (tertiary/aromatic N) is 3. The maximum atomic E-state index is 5.60. The maximum Gasteiger partial charge on any atom is 0.230 e. The van der Waals surface area contributed by atoms with Crippen LogP contribution < -0.4 is 0 Å². The number of unbranched alkanes of at least 4 members (excludes halogenated alkanes) is 2. The van der Waals surface area contributed by atoms with E-state index in [-0.39, 0.29) is 0 Å². The van der Waals surface area contributed by atoms with Gasteiger partial charge in [-0.1, -0.05) is 56.5 Å². The predicted octanol–water partition coefficient (Wildman–Crippen LogP) is 4.64. The van der Waals surface area contributed by atoms with Gasteiger partial charge in [0.1, 0.15) is 0 Å². The number of hydrogen-bond acceptors (Lipinski definition) is 5. The highest BCUT2D eigenvalue weighted by Crippen LogP contribution is 2.27. The Hall–Kier alpha value is -1.72. The number of aromatic nitrogens is 2. The summed E-state index contributed by atoms with van der Waals surface area (Å²) in [5, 5.41) is 4.25. The van der Waals surface area contributed by atoms with Gasteiger partial charge in [-0.3, -0.25) is 4.90 Å². The average molecular weight is 357 g/mol. The first-order valence-electron chi connectivity index (χ1n) is 10.0. The summed E-state index contributed by atoms with van der Waals surface area (Å²) in [5.41, 5.74) is 2.32. The van der Waals surface area contributed by atoms with E-state index in [1.54, 1.807) is 0 Å². The molecule has 1 aromatic carbocycles. The number of rotatable bonds is 9. The van der Waals surface area contributed by atoms with E-state index in [0.717, 1.165) is 57.1 Å². The van der Waals surface area contributed by atoms with Crippen LogP contribution >= 0.6 is 0 Å². The fourth-order valence-electron chi connectivity index (χ4n) is 3.49. The molecule has 1 saturated heterocycles. The molecule has 2 heterocycles. The normalized spacial score (nSPS) is 16.7. The minimum atomic E-state index is 0.374. The lowest BCUT2D eigenvalue weighted by Crippen LogP contribution is -2.35. The predicted molar refractivity (Wildman–Crippen MR) is 103 cm³/mol. The number of ether oxygens (including phenoxy) is 1. The first kappa shape index (κ1) is 19.1. The summed E-state index contributed by atoms with van der Waals surface area (Å²) in [6, 6.07) is 8.50. The van der Waals surface area contributed by atoms with Crippen LogP contribution in [-0.4, -0.2) is 41.3 Å². The lowest BCUT2D eigenvalue weighted by atomic mass is 9.98. The van der Waals surface area contributed by atoms with Crippen molar-refractivity contribution in [1.29, 1.82) is 0 Å². The molecule has 0 N–H and O–H groups in total. The Bertz CT molecular complexity index is 665. The van der Waals surface area contributed by atoms with Crippen LogP contribution in [0.1, 0.15) is 63.3 Å². The molecule has 0 spiro atoms. The van der Waals surface area contributed by atoms with Gasteiger partial charge in [-0.05, 0) is 24.5 Å². The Labute approximate surface area is 156 Å². The molecule has 0 aliphatic carbocycles. The molecule has 3 rings (SSSR count). The van der Waals surface area contributed by atoms with E-state index in [1.807, 2.05) is 0 Å². The number of benzene rings is 1. The molecule has 5 nitrogen and oxygen atoms in total. The van der Waals surface area contributed by atoms with Crippen molar-refractivity contribution in [2.45, 2.75) is 58.4 Å². The van der Waals surface area contributed by atoms with Crippen LogP contribution in [0.2, 0.25) is 0 Å². The zero-order valence-electron chi connectivity index (χ0n) is 16.1. The lowest BCUT2D eigenvalue weighted by Gasteiger charge is -2.26. The third-order valence-corrected chi connectivity index (χ3v) is 5.13. The smallest absolute Gasteiger partial charge is 0.230 e. The molecule has 1 atom stereocenters. The molecule has 1 aliphatic rings. The lowest BCUT2D eigenvalue weighted by molar-refractivity contribution is 0.0342. The molecule has 26 heavy (non-hydrogen) atoms. The fraction of sp³-hybridized carbons (Fsp3) is 0.619. The van der Waals surface area contributed by atoms with Crippen molar-refractivity contribution >= 4 is 0 Å². The van der Waals surface area contributed by atoms with E-state index in [9.17, 15) is 0 Å². The van der Waals surface area contributed by atoms with Gasteiger partial charge in [-0.2, -0.15) is 4.98 Å². The van der Waals surface area contributed by atoms with Gasteiger partial charge in [-0.25, -0.2) is 0 Å². The molecule has 142 valence electrons. The van der Waals surface area contributed by atoms with Crippen molar-refractivity contribution < 1.29 is 9.26 Å². The fourth-order valence-corrected chi connectivity index (χ4v) is 3.49. The summed E-state index contributed by atoms with van der Waals surface area (Å²) in [6.07, 6.45) is 5.90. The standard InChI is InChI=1S/C21H31N3O2/c1-3-5-6-9-18(4-2)21-22-20(23-26-21)19-10-7-8-17(15-19)16-24-11-13-25-14-12-24/h7-8,10,15,18H,3-6,9,11-14,16H2,1-2H3. The molecular formula is C21H31N3O2. The van der Waals surface area contributed by atoms with Gasteiger partial charge < -0.3 is 9.26 Å². The van der Waals surface area contributed by atoms with Crippen molar-refractivity contribution in [3.63, 3.8) is 0 Å². The highest BCUT2D eigenvalue weighted by molar-refractivity contribution is 5.55. The van der Waals surface area contributed by atoms with Crippen LogP contribution in [-0.2, 0) is 11.3 Å². The quantitative estimate of drug-likeness (QED) is 0.612. The molecule has 1 unspecified atom stereocenters. The minimum absolute atomic E-state index is 0.374. The third-order valence-electron chi connectivity index (χ3n) is 5.13. The van der Waals surface area contributed by atoms with E-state index in [2.05, 4.69) is 48.2 Å². The molecule has 1 fully saturated rings. The van der Waals surface area contributed by atoms with E-state index >= 15 is 0 Å². The van der Waals surface area contributed by atoms with Crippen LogP contribution in [0.4, 0.5) is 0 Å². The van der Waals surface area contributed by atoms with E-state index in [4.69, 9.17) is 14.2 Å². The van der Waals surface area contributed by atoms with Crippen molar-refractivity contribution in [3.05, 3.63) is 35.7 Å². The van der Waals surface area contributed by atoms with Crippen LogP contribution in [0, 0.1) is 0 Å². The first-order valence-corrected chi connectivity index (χ1v) is 10.0. The Kier molecular flexibility index (Phi) is 7.21. The van der Waals surface area contributed by atoms with Crippen molar-refractivity contribution in [1.82, 2.24) is 15.0 Å². The molecule has 5 heteroatoms. The zero-order valence-corrected chi connectivity index (χ0v) is 16.1. The van der Waals surface area contributed by atoms with Crippen molar-refractivity contribution in [3.8, 4) is 11.4 Å². The molecule has 1 aliphatic heterocycles. The monoisotopic (exact) mass is 357 g/mol. The molecule has 0 bridgehead atoms. The van der Waals surface area contributed by atoms with Crippen LogP contribution in [0.25, 0.3) is 11.4 Å². The van der Waals surface area contributed by atoms with Gasteiger partial charge in [0.2, 0.25) is 11.7 Å². The molecule has 0 saturated carbocycles. The summed E-state index contributed by atoms with van der Waals surface area (Å²) in [5.74, 6) is 1.87. The van der Waals surface area contributed by atoms with Crippen LogP contribution in [0.3, 0.4) is 0 Å².